The van der Waals surface area contributed by atoms with Gasteiger partial charge in [-0.15, -0.1) is 28.5 Å². The van der Waals surface area contributed by atoms with Crippen LogP contribution in [0.4, 0.5) is 29.1 Å². The molecule has 0 fully saturated rings. The zero-order valence-corrected chi connectivity index (χ0v) is 17.8. The third kappa shape index (κ3) is 4.26. The molecule has 0 unspecified atom stereocenters. The summed E-state index contributed by atoms with van der Waals surface area (Å²) in [5.74, 6) is 0.388. The average Bonchev–Trinajstić information content (AvgIpc) is 3.21. The zero-order valence-electron chi connectivity index (χ0n) is 17.8. The van der Waals surface area contributed by atoms with E-state index in [0.717, 1.165) is 5.56 Å². The normalized spacial score (nSPS) is 13.5. The Labute approximate surface area is 190 Å². The van der Waals surface area contributed by atoms with E-state index in [2.05, 4.69) is 25.3 Å². The second-order valence-electron chi connectivity index (χ2n) is 7.61. The fraction of sp³-hybridized carbons (Fsp3) is 0.227. The first-order chi connectivity index (χ1) is 16.3. The number of fused-ring (bicyclic) bond motifs is 3. The maximum Gasteiger partial charge on any atom is 0.573 e. The molecule has 0 spiro atoms. The van der Waals surface area contributed by atoms with Gasteiger partial charge in [-0.25, -0.2) is 4.39 Å². The maximum absolute atomic E-state index is 13.2. The van der Waals surface area contributed by atoms with Crippen LogP contribution in [0.2, 0.25) is 0 Å². The van der Waals surface area contributed by atoms with Gasteiger partial charge in [-0.3, -0.25) is 0 Å². The van der Waals surface area contributed by atoms with Crippen LogP contribution in [0.1, 0.15) is 5.56 Å². The molecule has 1 N–H and O–H groups in total. The first-order valence-corrected chi connectivity index (χ1v) is 10.3. The van der Waals surface area contributed by atoms with Gasteiger partial charge in [0.15, 0.2) is 17.4 Å². The number of halogens is 4. The molecule has 1 aliphatic heterocycles. The van der Waals surface area contributed by atoms with Gasteiger partial charge in [0, 0.05) is 19.2 Å². The van der Waals surface area contributed by atoms with Gasteiger partial charge in [-0.1, -0.05) is 24.3 Å². The lowest BCUT2D eigenvalue weighted by Crippen LogP contribution is -2.30. The summed E-state index contributed by atoms with van der Waals surface area (Å²) in [6.07, 6.45) is -4.82. The van der Waals surface area contributed by atoms with Crippen molar-refractivity contribution >= 4 is 17.2 Å². The Hall–Kier alpha value is -4.09. The van der Waals surface area contributed by atoms with E-state index in [0.29, 0.717) is 48.2 Å². The number of benzene rings is 2. The first kappa shape index (κ1) is 21.7. The molecule has 4 aromatic rings. The molecule has 2 aromatic heterocycles. The van der Waals surface area contributed by atoms with Crippen LogP contribution in [-0.2, 0) is 6.54 Å². The molecule has 2 aromatic carbocycles. The third-order valence-corrected chi connectivity index (χ3v) is 5.24. The highest BCUT2D eigenvalue weighted by Crippen LogP contribution is 2.40. The third-order valence-electron chi connectivity index (χ3n) is 5.24. The summed E-state index contributed by atoms with van der Waals surface area (Å²) < 4.78 is 62.6. The first-order valence-electron chi connectivity index (χ1n) is 10.3. The average molecular weight is 474 g/mol. The Morgan fingerprint density at radius 2 is 1.91 bits per heavy atom. The Balaban J connectivity index is 1.58. The summed E-state index contributed by atoms with van der Waals surface area (Å²) in [6.45, 7) is 1.37. The van der Waals surface area contributed by atoms with Crippen LogP contribution in [-0.4, -0.2) is 46.4 Å². The lowest BCUT2D eigenvalue weighted by atomic mass is 10.2. The Bertz CT molecular complexity index is 1340. The molecule has 0 atom stereocenters. The fourth-order valence-corrected chi connectivity index (χ4v) is 3.67. The summed E-state index contributed by atoms with van der Waals surface area (Å²) in [7, 11) is 1.87. The molecule has 176 valence electrons. The number of anilines is 2. The van der Waals surface area contributed by atoms with Crippen molar-refractivity contribution in [3.05, 3.63) is 59.9 Å². The number of rotatable bonds is 5. The molecular formula is C22H18F4N6O2. The SMILES string of the molecule is CN1CCOc2c(NCc3ccc(F)cc3)nn3c(-c4cccc(OC(F)(F)F)c4)nnc3c21. The van der Waals surface area contributed by atoms with Crippen LogP contribution >= 0.6 is 0 Å². The van der Waals surface area contributed by atoms with Crippen LogP contribution in [0.3, 0.4) is 0 Å². The number of nitrogens with one attached hydrogen (secondary N) is 1. The van der Waals surface area contributed by atoms with Crippen LogP contribution in [0.15, 0.2) is 48.5 Å². The van der Waals surface area contributed by atoms with E-state index >= 15 is 0 Å². The molecule has 0 bridgehead atoms. The van der Waals surface area contributed by atoms with Crippen molar-refractivity contribution < 1.29 is 27.0 Å². The van der Waals surface area contributed by atoms with Crippen LogP contribution in [0.25, 0.3) is 17.0 Å². The van der Waals surface area contributed by atoms with E-state index in [-0.39, 0.29) is 17.4 Å². The van der Waals surface area contributed by atoms with Gasteiger partial charge in [0.25, 0.3) is 0 Å². The predicted molar refractivity (Wildman–Crippen MR) is 115 cm³/mol. The van der Waals surface area contributed by atoms with Gasteiger partial charge >= 0.3 is 6.36 Å². The van der Waals surface area contributed by atoms with E-state index in [1.165, 1.54) is 34.8 Å². The van der Waals surface area contributed by atoms with Crippen molar-refractivity contribution in [2.75, 3.05) is 30.4 Å². The van der Waals surface area contributed by atoms with Gasteiger partial charge in [-0.05, 0) is 29.8 Å². The quantitative estimate of drug-likeness (QED) is 0.433. The van der Waals surface area contributed by atoms with Gasteiger partial charge in [-0.2, -0.15) is 4.52 Å². The minimum atomic E-state index is -4.82. The van der Waals surface area contributed by atoms with Gasteiger partial charge in [0.2, 0.25) is 5.65 Å². The smallest absolute Gasteiger partial charge is 0.486 e. The Morgan fingerprint density at radius 3 is 2.68 bits per heavy atom. The minimum Gasteiger partial charge on any atom is -0.486 e. The largest absolute Gasteiger partial charge is 0.573 e. The van der Waals surface area contributed by atoms with Crippen molar-refractivity contribution in [1.29, 1.82) is 0 Å². The van der Waals surface area contributed by atoms with E-state index in [1.807, 2.05) is 11.9 Å². The molecule has 34 heavy (non-hydrogen) atoms. The molecule has 1 aliphatic rings. The number of nitrogens with zero attached hydrogens (tertiary/aromatic N) is 5. The van der Waals surface area contributed by atoms with Crippen molar-refractivity contribution in [2.45, 2.75) is 12.9 Å². The molecule has 0 radical (unpaired) electrons. The molecule has 0 saturated heterocycles. The molecule has 8 nitrogen and oxygen atoms in total. The summed E-state index contributed by atoms with van der Waals surface area (Å²) in [6, 6.07) is 11.5. The standard InChI is InChI=1S/C22H18F4N6O2/c1-31-9-10-33-18-17(31)21-29-28-20(14-3-2-4-16(11-14)34-22(24,25)26)32(21)30-19(18)27-12-13-5-7-15(23)8-6-13/h2-8,11H,9-10,12H2,1H3,(H,27,30). The number of hydrogen-bond acceptors (Lipinski definition) is 7. The Kier molecular flexibility index (Phi) is 5.34. The molecule has 3 heterocycles. The summed E-state index contributed by atoms with van der Waals surface area (Å²) >= 11 is 0. The summed E-state index contributed by atoms with van der Waals surface area (Å²) in [5.41, 5.74) is 2.19. The lowest BCUT2D eigenvalue weighted by Gasteiger charge is -2.28. The number of ether oxygens (including phenoxy) is 2. The number of alkyl halides is 3. The van der Waals surface area contributed by atoms with Crippen LogP contribution in [0.5, 0.6) is 11.5 Å². The van der Waals surface area contributed by atoms with Crippen molar-refractivity contribution in [3.8, 4) is 22.9 Å². The second-order valence-corrected chi connectivity index (χ2v) is 7.61. The number of likely N-dealkylation sites (N-methyl/N-ethyl adjacent to an activating group) is 1. The predicted octanol–water partition coefficient (Wildman–Crippen LogP) is 4.27. The zero-order chi connectivity index (χ0) is 23.9. The highest BCUT2D eigenvalue weighted by molar-refractivity contribution is 5.83. The monoisotopic (exact) mass is 474 g/mol. The van der Waals surface area contributed by atoms with Gasteiger partial charge in [0.05, 0.1) is 6.54 Å². The molecular weight excluding hydrogens is 456 g/mol. The highest BCUT2D eigenvalue weighted by atomic mass is 19.4. The van der Waals surface area contributed by atoms with E-state index in [1.54, 1.807) is 18.2 Å². The topological polar surface area (TPSA) is 76.8 Å². The Morgan fingerprint density at radius 1 is 1.12 bits per heavy atom. The van der Waals surface area contributed by atoms with Crippen molar-refractivity contribution in [3.63, 3.8) is 0 Å². The van der Waals surface area contributed by atoms with E-state index in [4.69, 9.17) is 4.74 Å². The van der Waals surface area contributed by atoms with E-state index in [9.17, 15) is 17.6 Å². The fourth-order valence-electron chi connectivity index (χ4n) is 3.67. The van der Waals surface area contributed by atoms with E-state index < -0.39 is 6.36 Å². The van der Waals surface area contributed by atoms with Crippen LogP contribution in [0, 0.1) is 5.82 Å². The minimum absolute atomic E-state index is 0.231. The van der Waals surface area contributed by atoms with Crippen molar-refractivity contribution in [1.82, 2.24) is 19.8 Å². The summed E-state index contributed by atoms with van der Waals surface area (Å²) in [4.78, 5) is 1.95. The van der Waals surface area contributed by atoms with Gasteiger partial charge < -0.3 is 19.7 Å². The maximum atomic E-state index is 13.2. The van der Waals surface area contributed by atoms with Gasteiger partial charge in [0.1, 0.15) is 23.9 Å². The number of hydrogen-bond donors (Lipinski definition) is 1. The molecule has 12 heteroatoms. The highest BCUT2D eigenvalue weighted by Gasteiger charge is 2.31. The van der Waals surface area contributed by atoms with Crippen molar-refractivity contribution in [2.24, 2.45) is 0 Å². The molecule has 5 rings (SSSR count). The molecule has 0 saturated carbocycles. The summed E-state index contributed by atoms with van der Waals surface area (Å²) in [5, 5.41) is 16.2. The second kappa shape index (κ2) is 8.36. The number of aromatic nitrogens is 4. The lowest BCUT2D eigenvalue weighted by molar-refractivity contribution is -0.274. The molecule has 0 amide bonds. The van der Waals surface area contributed by atoms with Crippen LogP contribution < -0.4 is 19.7 Å². The molecule has 0 aliphatic carbocycles.